The molecule has 1 N–H and O–H groups in total. The number of aryl methyl sites for hydroxylation is 2. The zero-order chi connectivity index (χ0) is 26.4. The van der Waals surface area contributed by atoms with Crippen molar-refractivity contribution in [1.29, 1.82) is 0 Å². The van der Waals surface area contributed by atoms with Crippen molar-refractivity contribution in [3.63, 3.8) is 0 Å². The Labute approximate surface area is 222 Å². The van der Waals surface area contributed by atoms with Gasteiger partial charge in [-0.1, -0.05) is 29.8 Å². The van der Waals surface area contributed by atoms with Crippen LogP contribution >= 0.6 is 11.6 Å². The van der Waals surface area contributed by atoms with Crippen molar-refractivity contribution < 1.29 is 22.7 Å². The molecule has 3 aromatic rings. The number of hydrogen-bond donors (Lipinski definition) is 1. The molecule has 198 valence electrons. The minimum absolute atomic E-state index is 0.000273. The second-order valence-electron chi connectivity index (χ2n) is 9.21. The Hall–Kier alpha value is -3.04. The van der Waals surface area contributed by atoms with E-state index in [2.05, 4.69) is 16.4 Å². The van der Waals surface area contributed by atoms with E-state index in [4.69, 9.17) is 21.1 Å². The molecular formula is C27H32ClN3O5S. The van der Waals surface area contributed by atoms with Crippen molar-refractivity contribution in [2.45, 2.75) is 49.6 Å². The predicted molar refractivity (Wildman–Crippen MR) is 142 cm³/mol. The summed E-state index contributed by atoms with van der Waals surface area (Å²) in [7, 11) is -1.72. The van der Waals surface area contributed by atoms with Crippen molar-refractivity contribution in [1.82, 2.24) is 14.9 Å². The molecular weight excluding hydrogens is 514 g/mol. The summed E-state index contributed by atoms with van der Waals surface area (Å²) in [4.78, 5) is 16.2. The number of alkyl carbamates (subject to hydrolysis) is 1. The maximum Gasteiger partial charge on any atom is 0.407 e. The number of fused-ring (bicyclic) bond motifs is 1. The lowest BCUT2D eigenvalue weighted by atomic mass is 9.76. The fourth-order valence-corrected chi connectivity index (χ4v) is 6.18. The molecule has 2 unspecified atom stereocenters. The smallest absolute Gasteiger partial charge is 0.407 e. The van der Waals surface area contributed by atoms with Gasteiger partial charge >= 0.3 is 6.09 Å². The number of hydrogen-bond acceptors (Lipinski definition) is 6. The van der Waals surface area contributed by atoms with Crippen LogP contribution in [-0.2, 0) is 34.5 Å². The van der Waals surface area contributed by atoms with E-state index in [1.165, 1.54) is 18.1 Å². The van der Waals surface area contributed by atoms with Crippen LogP contribution in [0.3, 0.4) is 0 Å². The number of benzene rings is 2. The molecule has 2 aromatic carbocycles. The van der Waals surface area contributed by atoms with Crippen LogP contribution in [0.1, 0.15) is 42.4 Å². The summed E-state index contributed by atoms with van der Waals surface area (Å²) in [6, 6.07) is 13.6. The van der Waals surface area contributed by atoms with Crippen LogP contribution < -0.4 is 10.1 Å². The van der Waals surface area contributed by atoms with Gasteiger partial charge < -0.3 is 19.4 Å². The van der Waals surface area contributed by atoms with Crippen LogP contribution in [0.2, 0.25) is 5.02 Å². The highest BCUT2D eigenvalue weighted by Gasteiger charge is 2.31. The zero-order valence-corrected chi connectivity index (χ0v) is 22.6. The van der Waals surface area contributed by atoms with Gasteiger partial charge in [-0.3, -0.25) is 0 Å². The highest BCUT2D eigenvalue weighted by atomic mass is 35.5. The van der Waals surface area contributed by atoms with Crippen molar-refractivity contribution in [2.24, 2.45) is 7.05 Å². The van der Waals surface area contributed by atoms with Crippen LogP contribution in [0.25, 0.3) is 0 Å². The molecule has 0 radical (unpaired) electrons. The van der Waals surface area contributed by atoms with E-state index in [-0.39, 0.29) is 29.3 Å². The van der Waals surface area contributed by atoms with E-state index in [1.54, 1.807) is 18.5 Å². The van der Waals surface area contributed by atoms with Crippen molar-refractivity contribution in [2.75, 3.05) is 19.0 Å². The number of carbonyl (C=O) groups is 1. The number of nitrogens with zero attached hydrogens (tertiary/aromatic N) is 2. The molecule has 0 saturated carbocycles. The van der Waals surface area contributed by atoms with Crippen molar-refractivity contribution in [3.05, 3.63) is 76.7 Å². The summed E-state index contributed by atoms with van der Waals surface area (Å²) in [5.41, 5.74) is 3.39. The van der Waals surface area contributed by atoms with Crippen LogP contribution in [0.15, 0.2) is 60.0 Å². The summed E-state index contributed by atoms with van der Waals surface area (Å²) in [5.74, 6) is 0.624. The lowest BCUT2D eigenvalue weighted by Gasteiger charge is -2.34. The van der Waals surface area contributed by atoms with Gasteiger partial charge in [0.15, 0.2) is 14.9 Å². The Kier molecular flexibility index (Phi) is 8.76. The Balaban J connectivity index is 1.48. The lowest BCUT2D eigenvalue weighted by molar-refractivity contribution is 0.144. The maximum absolute atomic E-state index is 12.5. The molecule has 8 nitrogen and oxygen atoms in total. The molecule has 10 heteroatoms. The number of aromatic nitrogens is 2. The van der Waals surface area contributed by atoms with Gasteiger partial charge in [-0.15, -0.1) is 0 Å². The SMILES string of the molecule is CCOC(=O)NC1CCc2ccc(OCCCS(=O)(=O)c3cn(C)cn3)cc2C1Cc1cccc(Cl)c1. The molecule has 1 amide bonds. The number of ether oxygens (including phenoxy) is 2. The lowest BCUT2D eigenvalue weighted by Crippen LogP contribution is -2.43. The first kappa shape index (κ1) is 27.0. The van der Waals surface area contributed by atoms with Crippen LogP contribution in [-0.4, -0.2) is 49.1 Å². The molecule has 0 spiro atoms. The van der Waals surface area contributed by atoms with E-state index < -0.39 is 15.9 Å². The largest absolute Gasteiger partial charge is 0.494 e. The summed E-state index contributed by atoms with van der Waals surface area (Å²) in [6.07, 6.45) is 5.20. The fourth-order valence-electron chi connectivity index (χ4n) is 4.72. The van der Waals surface area contributed by atoms with Gasteiger partial charge in [0, 0.05) is 30.2 Å². The van der Waals surface area contributed by atoms with Gasteiger partial charge in [0.1, 0.15) is 5.75 Å². The molecule has 0 saturated heterocycles. The van der Waals surface area contributed by atoms with Gasteiger partial charge in [0.2, 0.25) is 0 Å². The Morgan fingerprint density at radius 3 is 2.81 bits per heavy atom. The average Bonchev–Trinajstić information content (AvgIpc) is 3.31. The second kappa shape index (κ2) is 12.0. The molecule has 0 aliphatic heterocycles. The molecule has 37 heavy (non-hydrogen) atoms. The van der Waals surface area contributed by atoms with E-state index in [9.17, 15) is 13.2 Å². The highest BCUT2D eigenvalue weighted by Crippen LogP contribution is 2.37. The first-order valence-electron chi connectivity index (χ1n) is 12.4. The predicted octanol–water partition coefficient (Wildman–Crippen LogP) is 4.70. The number of rotatable bonds is 10. The normalized spacial score (nSPS) is 17.2. The average molecular weight is 546 g/mol. The van der Waals surface area contributed by atoms with E-state index in [1.807, 2.05) is 36.4 Å². The minimum atomic E-state index is -3.45. The zero-order valence-electron chi connectivity index (χ0n) is 21.0. The summed E-state index contributed by atoms with van der Waals surface area (Å²) < 4.78 is 37.7. The van der Waals surface area contributed by atoms with Crippen molar-refractivity contribution in [3.8, 4) is 5.75 Å². The second-order valence-corrected chi connectivity index (χ2v) is 11.7. The first-order valence-corrected chi connectivity index (χ1v) is 14.4. The van der Waals surface area contributed by atoms with Crippen LogP contribution in [0.4, 0.5) is 4.79 Å². The Morgan fingerprint density at radius 2 is 2.08 bits per heavy atom. The summed E-state index contributed by atoms with van der Waals surface area (Å²) >= 11 is 6.24. The number of nitrogens with one attached hydrogen (secondary N) is 1. The number of imidazole rings is 1. The Morgan fingerprint density at radius 1 is 1.24 bits per heavy atom. The van der Waals surface area contributed by atoms with Gasteiger partial charge in [0.05, 0.1) is 25.3 Å². The molecule has 1 aliphatic carbocycles. The molecule has 0 fully saturated rings. The number of sulfone groups is 1. The molecule has 0 bridgehead atoms. The van der Waals surface area contributed by atoms with E-state index >= 15 is 0 Å². The summed E-state index contributed by atoms with van der Waals surface area (Å²) in [5, 5.41) is 3.79. The molecule has 2 atom stereocenters. The molecule has 4 rings (SSSR count). The standard InChI is InChI=1S/C27H32ClN3O5S/c1-3-35-27(32)30-25-11-9-20-8-10-22(16-23(20)24(25)15-19-6-4-7-21(28)14-19)36-12-5-13-37(33,34)26-17-31(2)18-29-26/h4,6-8,10,14,16-18,24-25H,3,5,9,11-13,15H2,1-2H3,(H,30,32). The topological polar surface area (TPSA) is 99.5 Å². The molecule has 1 aliphatic rings. The summed E-state index contributed by atoms with van der Waals surface area (Å²) in [6.45, 7) is 2.35. The van der Waals surface area contributed by atoms with Gasteiger partial charge in [-0.05, 0) is 73.6 Å². The number of amides is 1. The number of carbonyl (C=O) groups excluding carboxylic acids is 1. The monoisotopic (exact) mass is 545 g/mol. The van der Waals surface area contributed by atoms with E-state index in [0.29, 0.717) is 30.2 Å². The highest BCUT2D eigenvalue weighted by molar-refractivity contribution is 7.91. The maximum atomic E-state index is 12.5. The minimum Gasteiger partial charge on any atom is -0.494 e. The van der Waals surface area contributed by atoms with Gasteiger partial charge in [-0.2, -0.15) is 0 Å². The van der Waals surface area contributed by atoms with E-state index in [0.717, 1.165) is 24.0 Å². The van der Waals surface area contributed by atoms with Gasteiger partial charge in [0.25, 0.3) is 0 Å². The number of halogens is 1. The fraction of sp³-hybridized carbons (Fsp3) is 0.407. The molecule has 1 aromatic heterocycles. The van der Waals surface area contributed by atoms with Crippen LogP contribution in [0.5, 0.6) is 5.75 Å². The first-order chi connectivity index (χ1) is 17.7. The third-order valence-corrected chi connectivity index (χ3v) is 8.39. The quantitative estimate of drug-likeness (QED) is 0.371. The van der Waals surface area contributed by atoms with Gasteiger partial charge in [-0.25, -0.2) is 18.2 Å². The molecule has 1 heterocycles. The third kappa shape index (κ3) is 7.05. The third-order valence-electron chi connectivity index (χ3n) is 6.48. The Bertz CT molecular complexity index is 1340. The van der Waals surface area contributed by atoms with Crippen molar-refractivity contribution >= 4 is 27.5 Å². The van der Waals surface area contributed by atoms with Crippen LogP contribution in [0, 0.1) is 0 Å².